The summed E-state index contributed by atoms with van der Waals surface area (Å²) in [5, 5.41) is 4.61. The minimum atomic E-state index is -3.66. The van der Waals surface area contributed by atoms with Crippen LogP contribution < -0.4 is 9.47 Å². The first kappa shape index (κ1) is 21.5. The molecular weight excluding hydrogens is 454 g/mol. The topological polar surface area (TPSA) is 79.9 Å². The van der Waals surface area contributed by atoms with Gasteiger partial charge in [-0.1, -0.05) is 12.1 Å². The molecule has 0 unspecified atom stereocenters. The van der Waals surface area contributed by atoms with E-state index in [1.54, 1.807) is 18.5 Å². The second-order valence-electron chi connectivity index (χ2n) is 8.68. The van der Waals surface area contributed by atoms with E-state index in [-0.39, 0.29) is 17.4 Å². The molecular formula is C25H22F2N6O2. The van der Waals surface area contributed by atoms with Gasteiger partial charge >= 0.3 is 6.29 Å². The molecule has 8 nitrogen and oxygen atoms in total. The fraction of sp³-hybridized carbons (Fsp3) is 0.280. The molecule has 178 valence electrons. The first-order valence-corrected chi connectivity index (χ1v) is 11.4. The Bertz CT molecular complexity index is 1460. The summed E-state index contributed by atoms with van der Waals surface area (Å²) in [4.78, 5) is 13.7. The molecule has 0 amide bonds. The molecule has 4 aromatic rings. The molecule has 0 fully saturated rings. The number of benzene rings is 1. The quantitative estimate of drug-likeness (QED) is 0.417. The maximum Gasteiger partial charge on any atom is 0.586 e. The Morgan fingerprint density at radius 3 is 2.77 bits per heavy atom. The number of para-hydroxylation sites is 1. The van der Waals surface area contributed by atoms with Crippen molar-refractivity contribution in [2.75, 3.05) is 0 Å². The third kappa shape index (κ3) is 3.94. The van der Waals surface area contributed by atoms with Gasteiger partial charge < -0.3 is 14.0 Å². The van der Waals surface area contributed by atoms with Crippen LogP contribution in [0.1, 0.15) is 53.1 Å². The zero-order valence-corrected chi connectivity index (χ0v) is 19.2. The molecule has 3 aromatic heterocycles. The molecule has 1 aromatic carbocycles. The van der Waals surface area contributed by atoms with E-state index in [0.29, 0.717) is 17.9 Å². The summed E-state index contributed by atoms with van der Waals surface area (Å²) >= 11 is 0. The Balaban J connectivity index is 1.27. The molecule has 2 aliphatic heterocycles. The summed E-state index contributed by atoms with van der Waals surface area (Å²) in [6.07, 6.45) is 5.34. The van der Waals surface area contributed by atoms with E-state index >= 15 is 0 Å². The van der Waals surface area contributed by atoms with Crippen molar-refractivity contribution in [3.63, 3.8) is 0 Å². The summed E-state index contributed by atoms with van der Waals surface area (Å²) < 4.78 is 40.6. The highest BCUT2D eigenvalue weighted by Crippen LogP contribution is 2.48. The van der Waals surface area contributed by atoms with Crippen LogP contribution in [0.2, 0.25) is 0 Å². The van der Waals surface area contributed by atoms with Gasteiger partial charge in [0, 0.05) is 24.2 Å². The second kappa shape index (κ2) is 8.00. The van der Waals surface area contributed by atoms with Crippen LogP contribution in [0.15, 0.2) is 42.9 Å². The van der Waals surface area contributed by atoms with E-state index in [1.807, 2.05) is 53.6 Å². The Morgan fingerprint density at radius 2 is 1.97 bits per heavy atom. The van der Waals surface area contributed by atoms with Gasteiger partial charge in [-0.3, -0.25) is 4.98 Å². The predicted molar refractivity (Wildman–Crippen MR) is 124 cm³/mol. The van der Waals surface area contributed by atoms with Crippen LogP contribution in [0.25, 0.3) is 17.8 Å². The Kier molecular flexibility index (Phi) is 4.91. The number of ether oxygens (including phenoxy) is 2. The van der Waals surface area contributed by atoms with E-state index in [2.05, 4.69) is 19.8 Å². The number of rotatable bonds is 4. The molecule has 1 atom stereocenters. The average Bonchev–Trinajstić information content (AvgIpc) is 3.52. The molecule has 0 radical (unpaired) electrons. The van der Waals surface area contributed by atoms with Crippen molar-refractivity contribution in [1.82, 2.24) is 29.3 Å². The number of halogens is 2. The number of hydrogen-bond donors (Lipinski definition) is 0. The van der Waals surface area contributed by atoms with Crippen LogP contribution in [0.3, 0.4) is 0 Å². The SMILES string of the molecule is Cc1cn(-c2ccc(/C=C/c3nc4n(n3)CCC[C@H]4c3cccc4c3OC(F)(F)O4)nc2C)cn1. The van der Waals surface area contributed by atoms with Crippen molar-refractivity contribution < 1.29 is 18.3 Å². The molecule has 2 aliphatic rings. The zero-order valence-electron chi connectivity index (χ0n) is 19.2. The lowest BCUT2D eigenvalue weighted by atomic mass is 9.90. The number of aromatic nitrogens is 6. The van der Waals surface area contributed by atoms with Gasteiger partial charge in [0.05, 0.1) is 29.1 Å². The fourth-order valence-corrected chi connectivity index (χ4v) is 4.65. The smallest absolute Gasteiger partial charge is 0.395 e. The number of imidazole rings is 1. The van der Waals surface area contributed by atoms with Crippen molar-refractivity contribution in [3.05, 3.63) is 77.2 Å². The maximum absolute atomic E-state index is 13.7. The largest absolute Gasteiger partial charge is 0.586 e. The van der Waals surface area contributed by atoms with Gasteiger partial charge in [-0.15, -0.1) is 8.78 Å². The van der Waals surface area contributed by atoms with Crippen LogP contribution in [-0.2, 0) is 6.54 Å². The Morgan fingerprint density at radius 1 is 1.09 bits per heavy atom. The van der Waals surface area contributed by atoms with Gasteiger partial charge in [-0.05, 0) is 57.0 Å². The number of alkyl halides is 2. The van der Waals surface area contributed by atoms with Crippen molar-refractivity contribution in [3.8, 4) is 17.2 Å². The van der Waals surface area contributed by atoms with Gasteiger partial charge in [0.2, 0.25) is 0 Å². The van der Waals surface area contributed by atoms with Crippen LogP contribution in [0, 0.1) is 13.8 Å². The number of nitrogens with zero attached hydrogens (tertiary/aromatic N) is 6. The summed E-state index contributed by atoms with van der Waals surface area (Å²) in [7, 11) is 0. The highest BCUT2D eigenvalue weighted by atomic mass is 19.3. The number of pyridine rings is 1. The van der Waals surface area contributed by atoms with Crippen molar-refractivity contribution in [2.45, 2.75) is 45.4 Å². The third-order valence-corrected chi connectivity index (χ3v) is 6.20. The molecule has 35 heavy (non-hydrogen) atoms. The Labute approximate surface area is 199 Å². The highest BCUT2D eigenvalue weighted by Gasteiger charge is 2.45. The second-order valence-corrected chi connectivity index (χ2v) is 8.68. The minimum absolute atomic E-state index is 0.0417. The first-order valence-electron chi connectivity index (χ1n) is 11.4. The van der Waals surface area contributed by atoms with Crippen LogP contribution >= 0.6 is 0 Å². The molecule has 0 saturated carbocycles. The molecule has 0 N–H and O–H groups in total. The van der Waals surface area contributed by atoms with Gasteiger partial charge in [0.25, 0.3) is 0 Å². The minimum Gasteiger partial charge on any atom is -0.395 e. The molecule has 10 heteroatoms. The average molecular weight is 476 g/mol. The lowest BCUT2D eigenvalue weighted by molar-refractivity contribution is -0.287. The lowest BCUT2D eigenvalue weighted by Gasteiger charge is -2.23. The monoisotopic (exact) mass is 476 g/mol. The van der Waals surface area contributed by atoms with E-state index in [4.69, 9.17) is 9.72 Å². The zero-order chi connectivity index (χ0) is 24.2. The number of hydrogen-bond acceptors (Lipinski definition) is 6. The summed E-state index contributed by atoms with van der Waals surface area (Å²) in [5.41, 5.74) is 4.19. The first-order chi connectivity index (χ1) is 16.9. The number of aryl methyl sites for hydroxylation is 3. The van der Waals surface area contributed by atoms with E-state index in [0.717, 1.165) is 41.4 Å². The summed E-state index contributed by atoms with van der Waals surface area (Å²) in [6, 6.07) is 8.88. The third-order valence-electron chi connectivity index (χ3n) is 6.20. The van der Waals surface area contributed by atoms with Crippen molar-refractivity contribution in [2.24, 2.45) is 0 Å². The van der Waals surface area contributed by atoms with Crippen molar-refractivity contribution in [1.29, 1.82) is 0 Å². The fourth-order valence-electron chi connectivity index (χ4n) is 4.65. The van der Waals surface area contributed by atoms with Gasteiger partial charge in [0.1, 0.15) is 5.82 Å². The summed E-state index contributed by atoms with van der Waals surface area (Å²) in [6.45, 7) is 4.61. The van der Waals surface area contributed by atoms with E-state index in [9.17, 15) is 8.78 Å². The number of fused-ring (bicyclic) bond motifs is 2. The van der Waals surface area contributed by atoms with Gasteiger partial charge in [-0.25, -0.2) is 14.6 Å². The molecule has 0 aliphatic carbocycles. The van der Waals surface area contributed by atoms with Crippen LogP contribution in [-0.4, -0.2) is 35.6 Å². The molecule has 5 heterocycles. The molecule has 0 spiro atoms. The normalized spacial score (nSPS) is 18.2. The predicted octanol–water partition coefficient (Wildman–Crippen LogP) is 4.89. The van der Waals surface area contributed by atoms with Gasteiger partial charge in [-0.2, -0.15) is 5.10 Å². The van der Waals surface area contributed by atoms with Crippen molar-refractivity contribution >= 4 is 12.2 Å². The molecule has 0 bridgehead atoms. The van der Waals surface area contributed by atoms with Crippen LogP contribution in [0.4, 0.5) is 8.78 Å². The van der Waals surface area contributed by atoms with E-state index in [1.165, 1.54) is 6.07 Å². The van der Waals surface area contributed by atoms with Gasteiger partial charge in [0.15, 0.2) is 17.3 Å². The standard InChI is InChI=1S/C25H22F2N6O2/c1-15-13-32(14-28-15)20-10-8-17(29-16(20)2)9-11-22-30-24-19(6-4-12-33(24)31-22)18-5-3-7-21-23(18)35-25(26,27)34-21/h3,5,7-11,13-14,19H,4,6,12H2,1-2H3/b11-9+/t19-/m0/s1. The lowest BCUT2D eigenvalue weighted by Crippen LogP contribution is -2.26. The molecule has 6 rings (SSSR count). The summed E-state index contributed by atoms with van der Waals surface area (Å²) in [5.74, 6) is 1.15. The van der Waals surface area contributed by atoms with Crippen LogP contribution in [0.5, 0.6) is 11.5 Å². The molecule has 0 saturated heterocycles. The van der Waals surface area contributed by atoms with E-state index < -0.39 is 6.29 Å². The Hall–Kier alpha value is -4.08. The highest BCUT2D eigenvalue weighted by molar-refractivity contribution is 5.65. The maximum atomic E-state index is 13.7.